The van der Waals surface area contributed by atoms with Gasteiger partial charge >= 0.3 is 113 Å². The number of hydrogen-bond donors (Lipinski definition) is 0. The van der Waals surface area contributed by atoms with Crippen LogP contribution in [0.25, 0.3) is 0 Å². The third-order valence-corrected chi connectivity index (χ3v) is 10.1. The fraction of sp³-hybridized carbons (Fsp3) is 1.00. The molecule has 4 heteroatoms. The van der Waals surface area contributed by atoms with E-state index in [2.05, 4.69) is 46.5 Å². The van der Waals surface area contributed by atoms with Gasteiger partial charge in [-0.25, -0.2) is 0 Å². The fourth-order valence-corrected chi connectivity index (χ4v) is 9.59. The van der Waals surface area contributed by atoms with Crippen LogP contribution in [0.4, 0.5) is 0 Å². The zero-order valence-corrected chi connectivity index (χ0v) is 15.4. The van der Waals surface area contributed by atoms with Gasteiger partial charge in [0.2, 0.25) is 0 Å². The van der Waals surface area contributed by atoms with E-state index in [4.69, 9.17) is 9.22 Å². The summed E-state index contributed by atoms with van der Waals surface area (Å²) in [5.41, 5.74) is 0. The third-order valence-electron chi connectivity index (χ3n) is 2.97. The van der Waals surface area contributed by atoms with E-state index in [1.54, 1.807) is 0 Å². The van der Waals surface area contributed by atoms with Crippen LogP contribution in [0, 0.1) is 0 Å². The van der Waals surface area contributed by atoms with E-state index in [-0.39, 0.29) is 18.3 Å². The monoisotopic (exact) mass is 354 g/mol. The normalized spacial score (nSPS) is 20.6. The second-order valence-corrected chi connectivity index (χ2v) is 11.8. The molecule has 0 amide bonds. The van der Waals surface area contributed by atoms with Crippen molar-refractivity contribution in [3.63, 3.8) is 0 Å². The van der Waals surface area contributed by atoms with Gasteiger partial charge < -0.3 is 0 Å². The van der Waals surface area contributed by atoms with E-state index in [0.717, 1.165) is 19.3 Å². The molecular formula is C13H30O3Sn. The van der Waals surface area contributed by atoms with Crippen LogP contribution in [0.15, 0.2) is 0 Å². The van der Waals surface area contributed by atoms with Crippen LogP contribution in [0.3, 0.4) is 0 Å². The van der Waals surface area contributed by atoms with Crippen molar-refractivity contribution in [1.29, 1.82) is 0 Å². The summed E-state index contributed by atoms with van der Waals surface area (Å²) in [5.74, 6) is 0. The predicted octanol–water partition coefficient (Wildman–Crippen LogP) is 4.00. The van der Waals surface area contributed by atoms with Crippen molar-refractivity contribution in [3.05, 3.63) is 0 Å². The zero-order valence-electron chi connectivity index (χ0n) is 12.6. The molecule has 0 aromatic carbocycles. The summed E-state index contributed by atoms with van der Waals surface area (Å²) in [7, 11) is 0. The van der Waals surface area contributed by atoms with Crippen molar-refractivity contribution in [3.8, 4) is 0 Å². The standard InChI is InChI=1S/3C4H9O.CH3.Sn/c3*1-3-4(2)5;;/h3*4H,3H2,1-2H3;1H3;/q3*-1;;+3. The average Bonchev–Trinajstić information content (AvgIpc) is 2.27. The van der Waals surface area contributed by atoms with Crippen LogP contribution < -0.4 is 0 Å². The van der Waals surface area contributed by atoms with Gasteiger partial charge in [-0.2, -0.15) is 0 Å². The molecule has 0 rings (SSSR count). The summed E-state index contributed by atoms with van der Waals surface area (Å²) < 4.78 is 18.3. The van der Waals surface area contributed by atoms with Gasteiger partial charge in [-0.05, 0) is 0 Å². The van der Waals surface area contributed by atoms with Crippen LogP contribution in [0.5, 0.6) is 0 Å². The molecule has 17 heavy (non-hydrogen) atoms. The van der Waals surface area contributed by atoms with Gasteiger partial charge in [-0.3, -0.25) is 0 Å². The number of rotatable bonds is 9. The quantitative estimate of drug-likeness (QED) is 0.587. The minimum absolute atomic E-state index is 0.226. The molecule has 0 N–H and O–H groups in total. The Morgan fingerprint density at radius 1 is 0.706 bits per heavy atom. The summed E-state index contributed by atoms with van der Waals surface area (Å²) in [6, 6.07) is 0. The Morgan fingerprint density at radius 2 is 0.941 bits per heavy atom. The van der Waals surface area contributed by atoms with Crippen molar-refractivity contribution in [1.82, 2.24) is 0 Å². The molecule has 0 bridgehead atoms. The molecule has 0 saturated heterocycles. The van der Waals surface area contributed by atoms with E-state index in [1.165, 1.54) is 0 Å². The van der Waals surface area contributed by atoms with Crippen molar-refractivity contribution < 1.29 is 9.22 Å². The SMILES string of the molecule is CCC(C)[O][Sn]([CH3])([O]C(C)CC)[O]C(C)CC. The van der Waals surface area contributed by atoms with Crippen molar-refractivity contribution in [2.45, 2.75) is 84.1 Å². The van der Waals surface area contributed by atoms with Crippen LogP contribution in [0.1, 0.15) is 60.8 Å². The van der Waals surface area contributed by atoms with E-state index in [1.807, 2.05) is 0 Å². The Hall–Kier alpha value is 0.679. The first kappa shape index (κ1) is 17.7. The Balaban J connectivity index is 4.55. The maximum atomic E-state index is 6.10. The molecule has 0 saturated carbocycles. The van der Waals surface area contributed by atoms with Gasteiger partial charge in [0.1, 0.15) is 0 Å². The Labute approximate surface area is 113 Å². The minimum atomic E-state index is -3.31. The second-order valence-electron chi connectivity index (χ2n) is 4.87. The van der Waals surface area contributed by atoms with Gasteiger partial charge in [-0.1, -0.05) is 0 Å². The van der Waals surface area contributed by atoms with E-state index in [9.17, 15) is 0 Å². The maximum absolute atomic E-state index is 6.10. The topological polar surface area (TPSA) is 27.7 Å². The summed E-state index contributed by atoms with van der Waals surface area (Å²) in [4.78, 5) is 2.08. The van der Waals surface area contributed by atoms with Gasteiger partial charge in [-0.15, -0.1) is 0 Å². The molecule has 0 aromatic rings. The molecule has 0 fully saturated rings. The third kappa shape index (κ3) is 7.65. The molecular weight excluding hydrogens is 323 g/mol. The Kier molecular flexibility index (Phi) is 9.07. The summed E-state index contributed by atoms with van der Waals surface area (Å²) in [6.45, 7) is 12.7. The fourth-order valence-electron chi connectivity index (χ4n) is 1.43. The molecule has 3 unspecified atom stereocenters. The average molecular weight is 353 g/mol. The van der Waals surface area contributed by atoms with Gasteiger partial charge in [0.05, 0.1) is 0 Å². The summed E-state index contributed by atoms with van der Waals surface area (Å²) in [5, 5.41) is 0. The van der Waals surface area contributed by atoms with Gasteiger partial charge in [0, 0.05) is 0 Å². The van der Waals surface area contributed by atoms with Crippen molar-refractivity contribution in [2.24, 2.45) is 0 Å². The molecule has 0 aromatic heterocycles. The first-order valence-corrected chi connectivity index (χ1v) is 13.2. The molecule has 104 valence electrons. The van der Waals surface area contributed by atoms with Gasteiger partial charge in [0.25, 0.3) is 0 Å². The van der Waals surface area contributed by atoms with Crippen LogP contribution in [-0.4, -0.2) is 37.9 Å². The molecule has 0 radical (unpaired) electrons. The number of hydrogen-bond acceptors (Lipinski definition) is 3. The van der Waals surface area contributed by atoms with Crippen LogP contribution in [0.2, 0.25) is 4.94 Å². The van der Waals surface area contributed by atoms with E-state index in [0.29, 0.717) is 0 Å². The molecule has 0 spiro atoms. The first-order valence-electron chi connectivity index (χ1n) is 6.90. The van der Waals surface area contributed by atoms with Crippen LogP contribution in [-0.2, 0) is 9.22 Å². The summed E-state index contributed by atoms with van der Waals surface area (Å²) >= 11 is -3.31. The summed E-state index contributed by atoms with van der Waals surface area (Å²) in [6.07, 6.45) is 3.68. The molecule has 0 heterocycles. The Bertz CT molecular complexity index is 168. The molecule has 0 aliphatic carbocycles. The van der Waals surface area contributed by atoms with Gasteiger partial charge in [0.15, 0.2) is 0 Å². The van der Waals surface area contributed by atoms with E-state index < -0.39 is 19.6 Å². The molecule has 3 nitrogen and oxygen atoms in total. The second kappa shape index (κ2) is 8.72. The molecule has 3 atom stereocenters. The van der Waals surface area contributed by atoms with Crippen LogP contribution >= 0.6 is 0 Å². The predicted molar refractivity (Wildman–Crippen MR) is 74.1 cm³/mol. The van der Waals surface area contributed by atoms with E-state index >= 15 is 0 Å². The van der Waals surface area contributed by atoms with Crippen molar-refractivity contribution in [2.75, 3.05) is 0 Å². The zero-order chi connectivity index (χ0) is 13.5. The van der Waals surface area contributed by atoms with Crippen molar-refractivity contribution >= 4 is 19.6 Å². The molecule has 0 aliphatic rings. The first-order chi connectivity index (χ1) is 7.86. The molecule has 0 aliphatic heterocycles. The Morgan fingerprint density at radius 3 is 1.12 bits per heavy atom.